The lowest BCUT2D eigenvalue weighted by Gasteiger charge is -2.13. The van der Waals surface area contributed by atoms with Gasteiger partial charge in [-0.25, -0.2) is 0 Å². The van der Waals surface area contributed by atoms with E-state index in [1.807, 2.05) is 19.1 Å². The minimum absolute atomic E-state index is 0.0802. The fourth-order valence-electron chi connectivity index (χ4n) is 3.05. The van der Waals surface area contributed by atoms with Gasteiger partial charge in [0, 0.05) is 23.4 Å². The Morgan fingerprint density at radius 2 is 1.74 bits per heavy atom. The molecule has 0 aliphatic rings. The van der Waals surface area contributed by atoms with Gasteiger partial charge >= 0.3 is 0 Å². The van der Waals surface area contributed by atoms with Gasteiger partial charge in [0.05, 0.1) is 10.9 Å². The van der Waals surface area contributed by atoms with Gasteiger partial charge in [-0.1, -0.05) is 43.8 Å². The second kappa shape index (κ2) is 8.26. The van der Waals surface area contributed by atoms with E-state index in [-0.39, 0.29) is 10.7 Å². The van der Waals surface area contributed by atoms with Crippen LogP contribution in [0.2, 0.25) is 0 Å². The van der Waals surface area contributed by atoms with Crippen molar-refractivity contribution in [2.75, 3.05) is 0 Å². The fourth-order valence-corrected chi connectivity index (χ4v) is 3.94. The molecular formula is C23H26N6OS. The molecule has 4 aromatic rings. The Bertz CT molecular complexity index is 1190. The van der Waals surface area contributed by atoms with Crippen molar-refractivity contribution in [2.24, 2.45) is 0 Å². The molecule has 0 fully saturated rings. The third-order valence-electron chi connectivity index (χ3n) is 5.06. The molecule has 4 rings (SSSR count). The summed E-state index contributed by atoms with van der Waals surface area (Å²) in [6.45, 7) is 12.5. The normalized spacial score (nSPS) is 12.8. The van der Waals surface area contributed by atoms with E-state index in [1.165, 1.54) is 11.1 Å². The summed E-state index contributed by atoms with van der Waals surface area (Å²) < 4.78 is 7.62. The summed E-state index contributed by atoms with van der Waals surface area (Å²) in [6.07, 6.45) is 3.52. The van der Waals surface area contributed by atoms with Crippen LogP contribution in [0.1, 0.15) is 55.8 Å². The fraction of sp³-hybridized carbons (Fsp3) is 0.348. The van der Waals surface area contributed by atoms with Crippen LogP contribution in [0.25, 0.3) is 17.1 Å². The zero-order valence-corrected chi connectivity index (χ0v) is 19.4. The molecule has 0 aliphatic carbocycles. The highest BCUT2D eigenvalue weighted by Gasteiger charge is 2.26. The average molecular weight is 435 g/mol. The van der Waals surface area contributed by atoms with E-state index in [0.29, 0.717) is 11.7 Å². The molecule has 160 valence electrons. The number of pyridine rings is 1. The summed E-state index contributed by atoms with van der Waals surface area (Å²) in [6, 6.07) is 10.2. The topological polar surface area (TPSA) is 82.5 Å². The van der Waals surface area contributed by atoms with Crippen LogP contribution in [0.15, 0.2) is 52.4 Å². The molecule has 3 heterocycles. The largest absolute Gasteiger partial charge is 0.338 e. The summed E-state index contributed by atoms with van der Waals surface area (Å²) in [5, 5.41) is 13.8. The van der Waals surface area contributed by atoms with E-state index in [1.54, 1.807) is 24.2 Å². The van der Waals surface area contributed by atoms with Gasteiger partial charge in [-0.3, -0.25) is 9.55 Å². The molecule has 0 saturated carbocycles. The van der Waals surface area contributed by atoms with Gasteiger partial charge in [-0.15, -0.1) is 10.2 Å². The number of hydrogen-bond acceptors (Lipinski definition) is 7. The van der Waals surface area contributed by atoms with E-state index in [2.05, 4.69) is 82.7 Å². The van der Waals surface area contributed by atoms with E-state index in [0.717, 1.165) is 22.2 Å². The highest BCUT2D eigenvalue weighted by Crippen LogP contribution is 2.37. The summed E-state index contributed by atoms with van der Waals surface area (Å²) in [7, 11) is 0. The molecule has 1 atom stereocenters. The van der Waals surface area contributed by atoms with Crippen molar-refractivity contribution in [3.8, 4) is 17.1 Å². The molecule has 3 aromatic heterocycles. The number of hydrogen-bond donors (Lipinski definition) is 0. The third-order valence-corrected chi connectivity index (χ3v) is 6.09. The van der Waals surface area contributed by atoms with Crippen molar-refractivity contribution in [3.63, 3.8) is 0 Å². The second-order valence-corrected chi connectivity index (χ2v) is 9.92. The Labute approximate surface area is 186 Å². The number of rotatable bonds is 5. The van der Waals surface area contributed by atoms with Crippen LogP contribution in [-0.4, -0.2) is 29.9 Å². The van der Waals surface area contributed by atoms with E-state index < -0.39 is 0 Å². The molecule has 1 unspecified atom stereocenters. The number of benzene rings is 1. The van der Waals surface area contributed by atoms with Crippen LogP contribution >= 0.6 is 11.8 Å². The molecule has 8 heteroatoms. The summed E-state index contributed by atoms with van der Waals surface area (Å²) in [5.74, 6) is 2.04. The third kappa shape index (κ3) is 4.39. The molecule has 0 N–H and O–H groups in total. The molecule has 0 aliphatic heterocycles. The van der Waals surface area contributed by atoms with Crippen molar-refractivity contribution in [1.29, 1.82) is 0 Å². The van der Waals surface area contributed by atoms with Crippen molar-refractivity contribution in [3.05, 3.63) is 65.6 Å². The lowest BCUT2D eigenvalue weighted by atomic mass is 9.96. The molecule has 0 spiro atoms. The van der Waals surface area contributed by atoms with Crippen molar-refractivity contribution < 1.29 is 4.52 Å². The highest BCUT2D eigenvalue weighted by molar-refractivity contribution is 7.99. The van der Waals surface area contributed by atoms with E-state index in [9.17, 15) is 0 Å². The number of aromatic nitrogens is 6. The lowest BCUT2D eigenvalue weighted by molar-refractivity contribution is 0.364. The zero-order chi connectivity index (χ0) is 22.2. The zero-order valence-electron chi connectivity index (χ0n) is 18.6. The van der Waals surface area contributed by atoms with Crippen molar-refractivity contribution >= 4 is 11.8 Å². The maximum Gasteiger partial charge on any atom is 0.239 e. The first-order valence-electron chi connectivity index (χ1n) is 10.2. The number of thioether (sulfide) groups is 1. The molecule has 1 aromatic carbocycles. The van der Waals surface area contributed by atoms with Gasteiger partial charge in [0.25, 0.3) is 0 Å². The predicted molar refractivity (Wildman–Crippen MR) is 121 cm³/mol. The highest BCUT2D eigenvalue weighted by atomic mass is 32.2. The van der Waals surface area contributed by atoms with Gasteiger partial charge in [-0.2, -0.15) is 4.98 Å². The van der Waals surface area contributed by atoms with Gasteiger partial charge < -0.3 is 4.52 Å². The molecule has 31 heavy (non-hydrogen) atoms. The second-order valence-electron chi connectivity index (χ2n) is 8.61. The maximum absolute atomic E-state index is 5.55. The van der Waals surface area contributed by atoms with Crippen LogP contribution < -0.4 is 0 Å². The summed E-state index contributed by atoms with van der Waals surface area (Å²) in [4.78, 5) is 8.73. The molecule has 0 saturated heterocycles. The van der Waals surface area contributed by atoms with Crippen LogP contribution in [0.3, 0.4) is 0 Å². The molecular weight excluding hydrogens is 408 g/mol. The Hall–Kier alpha value is -3.00. The van der Waals surface area contributed by atoms with Gasteiger partial charge in [-0.05, 0) is 56.2 Å². The first kappa shape index (κ1) is 21.2. The smallest absolute Gasteiger partial charge is 0.239 e. The Kier molecular flexibility index (Phi) is 5.66. The van der Waals surface area contributed by atoms with Crippen molar-refractivity contribution in [2.45, 2.75) is 57.4 Å². The van der Waals surface area contributed by atoms with Gasteiger partial charge in [0.2, 0.25) is 5.89 Å². The van der Waals surface area contributed by atoms with Crippen LogP contribution in [-0.2, 0) is 5.41 Å². The first-order valence-corrected chi connectivity index (χ1v) is 11.1. The number of nitrogens with zero attached hydrogens (tertiary/aromatic N) is 6. The standard InChI is InChI=1S/C23H26N6OS/c1-14-7-8-18(13-15(14)2)29-19(17-9-11-24-12-10-17)26-27-22(29)31-16(3)20-25-21(28-30-20)23(4,5)6/h7-13,16H,1-6H3. The monoisotopic (exact) mass is 434 g/mol. The lowest BCUT2D eigenvalue weighted by Crippen LogP contribution is -2.13. The maximum atomic E-state index is 5.55. The Balaban J connectivity index is 1.75. The molecule has 0 radical (unpaired) electrons. The first-order chi connectivity index (χ1) is 14.7. The SMILES string of the molecule is Cc1ccc(-n2c(SC(C)c3nc(C(C)(C)C)no3)nnc2-c2ccncc2)cc1C. The molecule has 7 nitrogen and oxygen atoms in total. The van der Waals surface area contributed by atoms with E-state index >= 15 is 0 Å². The van der Waals surface area contributed by atoms with Crippen molar-refractivity contribution in [1.82, 2.24) is 29.9 Å². The summed E-state index contributed by atoms with van der Waals surface area (Å²) >= 11 is 1.55. The number of aryl methyl sites for hydroxylation is 2. The van der Waals surface area contributed by atoms with Gasteiger partial charge in [0.15, 0.2) is 16.8 Å². The quantitative estimate of drug-likeness (QED) is 0.385. The van der Waals surface area contributed by atoms with E-state index in [4.69, 9.17) is 4.52 Å². The minimum atomic E-state index is -0.167. The Morgan fingerprint density at radius 3 is 2.39 bits per heavy atom. The summed E-state index contributed by atoms with van der Waals surface area (Å²) in [5.41, 5.74) is 4.25. The average Bonchev–Trinajstić information content (AvgIpc) is 3.38. The van der Waals surface area contributed by atoms with Crippen LogP contribution in [0.5, 0.6) is 0 Å². The minimum Gasteiger partial charge on any atom is -0.338 e. The van der Waals surface area contributed by atoms with Crippen LogP contribution in [0.4, 0.5) is 0 Å². The van der Waals surface area contributed by atoms with Crippen LogP contribution in [0, 0.1) is 13.8 Å². The molecule has 0 amide bonds. The Morgan fingerprint density at radius 1 is 1.00 bits per heavy atom. The molecule has 0 bridgehead atoms. The predicted octanol–water partition coefficient (Wildman–Crippen LogP) is 5.48. The van der Waals surface area contributed by atoms with Gasteiger partial charge in [0.1, 0.15) is 0 Å².